The van der Waals surface area contributed by atoms with Gasteiger partial charge < -0.3 is 10.6 Å². The number of carbonyl (C=O) groups is 1. The van der Waals surface area contributed by atoms with E-state index < -0.39 is 23.6 Å². The Kier molecular flexibility index (Phi) is 5.46. The lowest BCUT2D eigenvalue weighted by molar-refractivity contribution is -0.137. The molecule has 1 aliphatic rings. The Labute approximate surface area is 158 Å². The molecule has 0 atom stereocenters. The summed E-state index contributed by atoms with van der Waals surface area (Å²) in [5, 5.41) is 9.73. The summed E-state index contributed by atoms with van der Waals surface area (Å²) >= 11 is 0. The molecule has 0 saturated carbocycles. The van der Waals surface area contributed by atoms with Crippen molar-refractivity contribution in [3.63, 3.8) is 0 Å². The molecule has 150 valence electrons. The normalized spacial score (nSPS) is 14.0. The third-order valence-electron chi connectivity index (χ3n) is 4.61. The number of amides is 2. The van der Waals surface area contributed by atoms with Gasteiger partial charge in [0.15, 0.2) is 0 Å². The van der Waals surface area contributed by atoms with Crippen LogP contribution in [0.25, 0.3) is 0 Å². The molecule has 2 aromatic rings. The highest BCUT2D eigenvalue weighted by molar-refractivity contribution is 5.70. The number of aryl methyl sites for hydroxylation is 1. The van der Waals surface area contributed by atoms with Crippen LogP contribution in [-0.2, 0) is 25.7 Å². The van der Waals surface area contributed by atoms with E-state index in [0.717, 1.165) is 12.1 Å². The topological polar surface area (TPSA) is 69.8 Å². The Morgan fingerprint density at radius 2 is 1.96 bits per heavy atom. The SMILES string of the molecule is NC(=O)N(O)Cc1cc(F)c2c(c1)CCCN2Cc1cccc(C(F)(F)F)c1. The summed E-state index contributed by atoms with van der Waals surface area (Å²) in [5.41, 5.74) is 6.03. The molecule has 1 heterocycles. The number of rotatable bonds is 4. The molecular formula is C19H19F4N3O2. The second kappa shape index (κ2) is 7.67. The average molecular weight is 397 g/mol. The molecule has 5 nitrogen and oxygen atoms in total. The summed E-state index contributed by atoms with van der Waals surface area (Å²) in [6, 6.07) is 6.79. The van der Waals surface area contributed by atoms with Gasteiger partial charge in [-0.15, -0.1) is 0 Å². The van der Waals surface area contributed by atoms with Crippen LogP contribution in [0.2, 0.25) is 0 Å². The van der Waals surface area contributed by atoms with E-state index in [2.05, 4.69) is 0 Å². The summed E-state index contributed by atoms with van der Waals surface area (Å²) in [5.74, 6) is -0.558. The van der Waals surface area contributed by atoms with Gasteiger partial charge in [-0.1, -0.05) is 18.2 Å². The van der Waals surface area contributed by atoms with Crippen LogP contribution in [-0.4, -0.2) is 22.8 Å². The molecule has 0 unspecified atom stereocenters. The van der Waals surface area contributed by atoms with E-state index in [1.165, 1.54) is 12.1 Å². The van der Waals surface area contributed by atoms with Gasteiger partial charge in [0.2, 0.25) is 0 Å². The van der Waals surface area contributed by atoms with Crippen LogP contribution >= 0.6 is 0 Å². The van der Waals surface area contributed by atoms with Gasteiger partial charge in [0.05, 0.1) is 17.8 Å². The van der Waals surface area contributed by atoms with E-state index in [0.29, 0.717) is 41.8 Å². The van der Waals surface area contributed by atoms with Crippen molar-refractivity contribution in [2.75, 3.05) is 11.4 Å². The standard InChI is InChI=1S/C19H19F4N3O2/c20-16-9-13(11-26(28)18(24)27)7-14-4-2-6-25(17(14)16)10-12-3-1-5-15(8-12)19(21,22)23/h1,3,5,7-9,28H,2,4,6,10-11H2,(H2,24,27). The van der Waals surface area contributed by atoms with E-state index in [-0.39, 0.29) is 18.2 Å². The fourth-order valence-corrected chi connectivity index (χ4v) is 3.40. The molecule has 9 heteroatoms. The van der Waals surface area contributed by atoms with Crippen LogP contribution in [0, 0.1) is 5.82 Å². The highest BCUT2D eigenvalue weighted by Crippen LogP contribution is 2.34. The Morgan fingerprint density at radius 3 is 2.64 bits per heavy atom. The van der Waals surface area contributed by atoms with Crippen LogP contribution < -0.4 is 10.6 Å². The van der Waals surface area contributed by atoms with Gasteiger partial charge >= 0.3 is 12.2 Å². The third kappa shape index (κ3) is 4.36. The monoisotopic (exact) mass is 397 g/mol. The minimum atomic E-state index is -4.44. The van der Waals surface area contributed by atoms with Gasteiger partial charge in [-0.2, -0.15) is 13.2 Å². The van der Waals surface area contributed by atoms with Crippen molar-refractivity contribution in [2.24, 2.45) is 5.73 Å². The smallest absolute Gasteiger partial charge is 0.365 e. The largest absolute Gasteiger partial charge is 0.416 e. The first-order chi connectivity index (χ1) is 13.1. The maximum Gasteiger partial charge on any atom is 0.416 e. The van der Waals surface area contributed by atoms with Gasteiger partial charge in [0, 0.05) is 13.1 Å². The molecule has 2 aromatic carbocycles. The van der Waals surface area contributed by atoms with E-state index in [1.54, 1.807) is 17.0 Å². The number of carbonyl (C=O) groups excluding carboxylic acids is 1. The number of urea groups is 1. The van der Waals surface area contributed by atoms with Crippen LogP contribution in [0.15, 0.2) is 36.4 Å². The summed E-state index contributed by atoms with van der Waals surface area (Å²) in [7, 11) is 0. The number of hydrogen-bond donors (Lipinski definition) is 2. The number of alkyl halides is 3. The number of benzene rings is 2. The summed E-state index contributed by atoms with van der Waals surface area (Å²) in [6.07, 6.45) is -3.15. The Balaban J connectivity index is 1.86. The molecule has 2 amide bonds. The van der Waals surface area contributed by atoms with E-state index in [1.807, 2.05) is 0 Å². The summed E-state index contributed by atoms with van der Waals surface area (Å²) in [4.78, 5) is 12.7. The molecule has 3 rings (SSSR count). The predicted molar refractivity (Wildman–Crippen MR) is 94.1 cm³/mol. The van der Waals surface area contributed by atoms with Crippen LogP contribution in [0.4, 0.5) is 28.0 Å². The number of nitrogens with zero attached hydrogens (tertiary/aromatic N) is 2. The number of halogens is 4. The number of hydrogen-bond acceptors (Lipinski definition) is 3. The maximum absolute atomic E-state index is 14.8. The third-order valence-corrected chi connectivity index (χ3v) is 4.61. The highest BCUT2D eigenvalue weighted by atomic mass is 19.4. The molecule has 0 spiro atoms. The van der Waals surface area contributed by atoms with Crippen LogP contribution in [0.1, 0.15) is 28.7 Å². The van der Waals surface area contributed by atoms with Crippen molar-refractivity contribution in [1.82, 2.24) is 5.06 Å². The minimum absolute atomic E-state index is 0.139. The fraction of sp³-hybridized carbons (Fsp3) is 0.316. The van der Waals surface area contributed by atoms with E-state index in [9.17, 15) is 27.6 Å². The first kappa shape index (κ1) is 19.9. The first-order valence-electron chi connectivity index (χ1n) is 8.63. The summed E-state index contributed by atoms with van der Waals surface area (Å²) < 4.78 is 53.5. The lowest BCUT2D eigenvalue weighted by Gasteiger charge is -2.32. The van der Waals surface area contributed by atoms with Gasteiger partial charge in [-0.05, 0) is 47.7 Å². The number of anilines is 1. The zero-order chi connectivity index (χ0) is 20.5. The molecule has 0 fully saturated rings. The van der Waals surface area contributed by atoms with Crippen molar-refractivity contribution < 1.29 is 27.6 Å². The second-order valence-electron chi connectivity index (χ2n) is 6.70. The Hall–Kier alpha value is -2.81. The van der Waals surface area contributed by atoms with Gasteiger partial charge in [-0.3, -0.25) is 5.21 Å². The zero-order valence-electron chi connectivity index (χ0n) is 14.8. The molecule has 1 aliphatic heterocycles. The quantitative estimate of drug-likeness (QED) is 0.464. The van der Waals surface area contributed by atoms with Crippen LogP contribution in [0.5, 0.6) is 0 Å². The van der Waals surface area contributed by atoms with E-state index >= 15 is 0 Å². The number of nitrogens with two attached hydrogens (primary N) is 1. The lowest BCUT2D eigenvalue weighted by Crippen LogP contribution is -2.33. The van der Waals surface area contributed by atoms with Gasteiger partial charge in [-0.25, -0.2) is 14.2 Å². The average Bonchev–Trinajstić information content (AvgIpc) is 2.61. The van der Waals surface area contributed by atoms with Gasteiger partial charge in [0.1, 0.15) is 5.82 Å². The number of primary amides is 1. The number of fused-ring (bicyclic) bond motifs is 1. The van der Waals surface area contributed by atoms with Gasteiger partial charge in [0.25, 0.3) is 0 Å². The zero-order valence-corrected chi connectivity index (χ0v) is 14.8. The van der Waals surface area contributed by atoms with Crippen LogP contribution in [0.3, 0.4) is 0 Å². The number of hydroxylamine groups is 2. The Morgan fingerprint density at radius 1 is 1.21 bits per heavy atom. The molecule has 3 N–H and O–H groups in total. The second-order valence-corrected chi connectivity index (χ2v) is 6.70. The minimum Gasteiger partial charge on any atom is -0.365 e. The molecule has 0 radical (unpaired) electrons. The molecule has 0 saturated heterocycles. The lowest BCUT2D eigenvalue weighted by atomic mass is 9.97. The van der Waals surface area contributed by atoms with Crippen molar-refractivity contribution in [3.8, 4) is 0 Å². The maximum atomic E-state index is 14.8. The van der Waals surface area contributed by atoms with Crippen molar-refractivity contribution >= 4 is 11.7 Å². The predicted octanol–water partition coefficient (Wildman–Crippen LogP) is 4.07. The highest BCUT2D eigenvalue weighted by Gasteiger charge is 2.30. The van der Waals surface area contributed by atoms with Crippen molar-refractivity contribution in [2.45, 2.75) is 32.1 Å². The van der Waals surface area contributed by atoms with Crippen molar-refractivity contribution in [1.29, 1.82) is 0 Å². The molecule has 0 aromatic heterocycles. The molecule has 0 bridgehead atoms. The summed E-state index contributed by atoms with van der Waals surface area (Å²) in [6.45, 7) is 0.390. The fourth-order valence-electron chi connectivity index (χ4n) is 3.40. The molecular weight excluding hydrogens is 378 g/mol. The van der Waals surface area contributed by atoms with E-state index in [4.69, 9.17) is 5.73 Å². The molecule has 28 heavy (non-hydrogen) atoms. The molecule has 0 aliphatic carbocycles. The first-order valence-corrected chi connectivity index (χ1v) is 8.63. The van der Waals surface area contributed by atoms with Crippen molar-refractivity contribution in [3.05, 3.63) is 64.5 Å². The Bertz CT molecular complexity index is 886.